The van der Waals surface area contributed by atoms with Crippen molar-refractivity contribution < 1.29 is 4.39 Å². The molecular weight excluding hydrogens is 254 g/mol. The predicted molar refractivity (Wildman–Crippen MR) is 67.5 cm³/mol. The first-order valence-electron chi connectivity index (χ1n) is 4.71. The SMILES string of the molecule is CC(CCl)CSCc1cccc(F)c1Cl. The van der Waals surface area contributed by atoms with Crippen molar-refractivity contribution in [1.82, 2.24) is 0 Å². The molecule has 1 aromatic carbocycles. The molecule has 0 aromatic heterocycles. The van der Waals surface area contributed by atoms with Gasteiger partial charge in [-0.2, -0.15) is 11.8 Å². The molecule has 1 rings (SSSR count). The summed E-state index contributed by atoms with van der Waals surface area (Å²) in [7, 11) is 0. The van der Waals surface area contributed by atoms with Crippen molar-refractivity contribution in [3.05, 3.63) is 34.6 Å². The maximum Gasteiger partial charge on any atom is 0.142 e. The fourth-order valence-electron chi connectivity index (χ4n) is 1.07. The lowest BCUT2D eigenvalue weighted by atomic mass is 10.2. The Balaban J connectivity index is 2.47. The smallest absolute Gasteiger partial charge is 0.142 e. The minimum Gasteiger partial charge on any atom is -0.205 e. The van der Waals surface area contributed by atoms with Gasteiger partial charge in [0.25, 0.3) is 0 Å². The van der Waals surface area contributed by atoms with Gasteiger partial charge in [-0.3, -0.25) is 0 Å². The predicted octanol–water partition coefficient (Wildman–Crippen LogP) is 4.59. The Kier molecular flexibility index (Phi) is 5.80. The standard InChI is InChI=1S/C11H13Cl2FS/c1-8(5-12)6-15-7-9-3-2-4-10(14)11(9)13/h2-4,8H,5-7H2,1H3. The van der Waals surface area contributed by atoms with E-state index in [4.69, 9.17) is 23.2 Å². The van der Waals surface area contributed by atoms with Crippen molar-refractivity contribution in [2.45, 2.75) is 12.7 Å². The molecular formula is C11H13Cl2FS. The molecule has 0 fully saturated rings. The van der Waals surface area contributed by atoms with E-state index in [1.54, 1.807) is 17.8 Å². The van der Waals surface area contributed by atoms with E-state index < -0.39 is 0 Å². The number of rotatable bonds is 5. The minimum atomic E-state index is -0.347. The Morgan fingerprint density at radius 1 is 1.47 bits per heavy atom. The highest BCUT2D eigenvalue weighted by Crippen LogP contribution is 2.24. The van der Waals surface area contributed by atoms with Gasteiger partial charge < -0.3 is 0 Å². The van der Waals surface area contributed by atoms with Gasteiger partial charge in [-0.15, -0.1) is 11.6 Å². The minimum absolute atomic E-state index is 0.239. The molecule has 1 unspecified atom stereocenters. The van der Waals surface area contributed by atoms with Gasteiger partial charge in [0.1, 0.15) is 5.82 Å². The van der Waals surface area contributed by atoms with E-state index in [9.17, 15) is 4.39 Å². The Labute approximate surface area is 104 Å². The van der Waals surface area contributed by atoms with E-state index in [0.29, 0.717) is 11.8 Å². The van der Waals surface area contributed by atoms with Crippen LogP contribution in [0.4, 0.5) is 4.39 Å². The molecule has 4 heteroatoms. The van der Waals surface area contributed by atoms with E-state index in [1.807, 2.05) is 6.07 Å². The van der Waals surface area contributed by atoms with Gasteiger partial charge in [-0.1, -0.05) is 30.7 Å². The molecule has 0 aliphatic rings. The summed E-state index contributed by atoms with van der Waals surface area (Å²) < 4.78 is 13.1. The normalized spacial score (nSPS) is 12.8. The molecule has 0 nitrogen and oxygen atoms in total. The summed E-state index contributed by atoms with van der Waals surface area (Å²) in [4.78, 5) is 0. The second-order valence-corrected chi connectivity index (χ2v) is 5.20. The van der Waals surface area contributed by atoms with Crippen molar-refractivity contribution in [3.8, 4) is 0 Å². The zero-order valence-corrected chi connectivity index (χ0v) is 10.8. The topological polar surface area (TPSA) is 0 Å². The van der Waals surface area contributed by atoms with Gasteiger partial charge >= 0.3 is 0 Å². The van der Waals surface area contributed by atoms with Crippen LogP contribution in [-0.4, -0.2) is 11.6 Å². The number of halogens is 3. The van der Waals surface area contributed by atoms with Crippen molar-refractivity contribution in [2.75, 3.05) is 11.6 Å². The molecule has 0 N–H and O–H groups in total. The zero-order chi connectivity index (χ0) is 11.3. The first-order chi connectivity index (χ1) is 7.15. The van der Waals surface area contributed by atoms with Gasteiger partial charge in [0.15, 0.2) is 0 Å². The second kappa shape index (κ2) is 6.62. The van der Waals surface area contributed by atoms with Crippen LogP contribution in [0.2, 0.25) is 5.02 Å². The molecule has 0 amide bonds. The van der Waals surface area contributed by atoms with Crippen LogP contribution in [0.1, 0.15) is 12.5 Å². The maximum absolute atomic E-state index is 13.1. The van der Waals surface area contributed by atoms with Crippen molar-refractivity contribution >= 4 is 35.0 Å². The molecule has 0 heterocycles. The molecule has 15 heavy (non-hydrogen) atoms. The molecule has 1 atom stereocenters. The Morgan fingerprint density at radius 3 is 2.87 bits per heavy atom. The first-order valence-corrected chi connectivity index (χ1v) is 6.78. The number of thioether (sulfide) groups is 1. The molecule has 0 saturated heterocycles. The molecule has 0 bridgehead atoms. The van der Waals surface area contributed by atoms with E-state index in [-0.39, 0.29) is 10.8 Å². The third-order valence-corrected chi connectivity index (χ3v) is 4.22. The first kappa shape index (κ1) is 13.1. The number of hydrogen-bond acceptors (Lipinski definition) is 1. The average molecular weight is 267 g/mol. The summed E-state index contributed by atoms with van der Waals surface area (Å²) >= 11 is 13.2. The highest BCUT2D eigenvalue weighted by atomic mass is 35.5. The van der Waals surface area contributed by atoms with Crippen LogP contribution in [0.25, 0.3) is 0 Å². The molecule has 0 saturated carbocycles. The van der Waals surface area contributed by atoms with Crippen LogP contribution in [0.15, 0.2) is 18.2 Å². The van der Waals surface area contributed by atoms with Gasteiger partial charge in [0.05, 0.1) is 5.02 Å². The molecule has 0 aliphatic carbocycles. The molecule has 0 aliphatic heterocycles. The third kappa shape index (κ3) is 4.21. The Morgan fingerprint density at radius 2 is 2.20 bits per heavy atom. The second-order valence-electron chi connectivity index (χ2n) is 3.49. The number of alkyl halides is 1. The summed E-state index contributed by atoms with van der Waals surface area (Å²) in [5.41, 5.74) is 0.850. The monoisotopic (exact) mass is 266 g/mol. The highest BCUT2D eigenvalue weighted by molar-refractivity contribution is 7.98. The molecule has 1 aromatic rings. The van der Waals surface area contributed by atoms with Crippen molar-refractivity contribution in [1.29, 1.82) is 0 Å². The van der Waals surface area contributed by atoms with Crippen LogP contribution < -0.4 is 0 Å². The van der Waals surface area contributed by atoms with Gasteiger partial charge in [-0.05, 0) is 23.3 Å². The summed E-state index contributed by atoms with van der Waals surface area (Å²) in [6, 6.07) is 4.91. The van der Waals surface area contributed by atoms with E-state index in [0.717, 1.165) is 17.1 Å². The van der Waals surface area contributed by atoms with Crippen LogP contribution in [-0.2, 0) is 5.75 Å². The van der Waals surface area contributed by atoms with Gasteiger partial charge in [0.2, 0.25) is 0 Å². The Hall–Kier alpha value is 0.0800. The summed E-state index contributed by atoms with van der Waals surface area (Å²) in [6.45, 7) is 2.09. The number of benzene rings is 1. The van der Waals surface area contributed by atoms with E-state index >= 15 is 0 Å². The zero-order valence-electron chi connectivity index (χ0n) is 8.47. The van der Waals surface area contributed by atoms with Crippen LogP contribution >= 0.6 is 35.0 Å². The summed E-state index contributed by atoms with van der Waals surface area (Å²) in [6.07, 6.45) is 0. The molecule has 0 spiro atoms. The average Bonchev–Trinajstić information content (AvgIpc) is 2.24. The lowest BCUT2D eigenvalue weighted by Crippen LogP contribution is -1.99. The van der Waals surface area contributed by atoms with Gasteiger partial charge in [-0.25, -0.2) is 4.39 Å². The summed E-state index contributed by atoms with van der Waals surface area (Å²) in [5.74, 6) is 2.49. The van der Waals surface area contributed by atoms with Crippen LogP contribution in [0.3, 0.4) is 0 Å². The lowest BCUT2D eigenvalue weighted by Gasteiger charge is -2.08. The van der Waals surface area contributed by atoms with Crippen molar-refractivity contribution in [2.24, 2.45) is 5.92 Å². The van der Waals surface area contributed by atoms with E-state index in [2.05, 4.69) is 6.92 Å². The fraction of sp³-hybridized carbons (Fsp3) is 0.455. The lowest BCUT2D eigenvalue weighted by molar-refractivity contribution is 0.627. The largest absolute Gasteiger partial charge is 0.205 e. The highest BCUT2D eigenvalue weighted by Gasteiger charge is 2.06. The maximum atomic E-state index is 13.1. The summed E-state index contributed by atoms with van der Waals surface area (Å²) in [5, 5.41) is 0.239. The van der Waals surface area contributed by atoms with Crippen LogP contribution in [0, 0.1) is 11.7 Å². The Bertz CT molecular complexity index is 317. The van der Waals surface area contributed by atoms with Crippen LogP contribution in [0.5, 0.6) is 0 Å². The molecule has 84 valence electrons. The van der Waals surface area contributed by atoms with Gasteiger partial charge in [0, 0.05) is 11.6 Å². The van der Waals surface area contributed by atoms with E-state index in [1.165, 1.54) is 6.07 Å². The quantitative estimate of drug-likeness (QED) is 0.703. The third-order valence-electron chi connectivity index (χ3n) is 1.95. The number of hydrogen-bond donors (Lipinski definition) is 0. The molecule has 0 radical (unpaired) electrons. The fourth-order valence-corrected chi connectivity index (χ4v) is 2.68. The van der Waals surface area contributed by atoms with Crippen molar-refractivity contribution in [3.63, 3.8) is 0 Å².